The standard InChI is InChI=1S/C19H18ClN5O4/c1-11-17(25(27)28)9-8-16(22-11)14-10-21-24(3)18(14)23-19(26)29-12(2)13-6-4-5-7-15(13)20/h4-10,12H,1-3H3,(H,23,26)/t12-/m1/s1. The Morgan fingerprint density at radius 1 is 1.31 bits per heavy atom. The summed E-state index contributed by atoms with van der Waals surface area (Å²) in [5, 5.41) is 18.3. The van der Waals surface area contributed by atoms with E-state index in [1.165, 1.54) is 23.0 Å². The van der Waals surface area contributed by atoms with Crippen LogP contribution in [-0.4, -0.2) is 25.8 Å². The number of nitrogens with one attached hydrogen (secondary N) is 1. The third-order valence-corrected chi connectivity index (χ3v) is 4.66. The van der Waals surface area contributed by atoms with Crippen molar-refractivity contribution in [3.05, 3.63) is 69.0 Å². The van der Waals surface area contributed by atoms with Crippen molar-refractivity contribution in [3.8, 4) is 11.3 Å². The van der Waals surface area contributed by atoms with E-state index in [9.17, 15) is 14.9 Å². The average molecular weight is 416 g/mol. The second-order valence-corrected chi connectivity index (χ2v) is 6.69. The van der Waals surface area contributed by atoms with Crippen LogP contribution in [0.5, 0.6) is 0 Å². The monoisotopic (exact) mass is 415 g/mol. The Kier molecular flexibility index (Phi) is 5.79. The van der Waals surface area contributed by atoms with Crippen LogP contribution in [0.4, 0.5) is 16.3 Å². The molecule has 0 radical (unpaired) electrons. The molecule has 9 nitrogen and oxygen atoms in total. The summed E-state index contributed by atoms with van der Waals surface area (Å²) in [6.07, 6.45) is 0.252. The number of aryl methyl sites for hydroxylation is 2. The van der Waals surface area contributed by atoms with E-state index in [-0.39, 0.29) is 11.4 Å². The summed E-state index contributed by atoms with van der Waals surface area (Å²) in [4.78, 5) is 27.2. The lowest BCUT2D eigenvalue weighted by Crippen LogP contribution is -2.18. The first-order valence-corrected chi connectivity index (χ1v) is 9.02. The molecule has 1 atom stereocenters. The molecule has 0 bridgehead atoms. The smallest absolute Gasteiger partial charge is 0.413 e. The first-order valence-electron chi connectivity index (χ1n) is 8.64. The van der Waals surface area contributed by atoms with Gasteiger partial charge in [-0.3, -0.25) is 20.1 Å². The maximum atomic E-state index is 12.4. The molecule has 0 aliphatic rings. The Bertz CT molecular complexity index is 1080. The summed E-state index contributed by atoms with van der Waals surface area (Å²) in [5.41, 5.74) is 1.81. The Morgan fingerprint density at radius 2 is 2.03 bits per heavy atom. The summed E-state index contributed by atoms with van der Waals surface area (Å²) in [6.45, 7) is 3.26. The number of carbonyl (C=O) groups is 1. The van der Waals surface area contributed by atoms with Crippen molar-refractivity contribution in [2.45, 2.75) is 20.0 Å². The van der Waals surface area contributed by atoms with Gasteiger partial charge in [-0.15, -0.1) is 0 Å². The van der Waals surface area contributed by atoms with Crippen molar-refractivity contribution in [2.75, 3.05) is 5.32 Å². The Labute approximate surface area is 171 Å². The Morgan fingerprint density at radius 3 is 2.69 bits per heavy atom. The summed E-state index contributed by atoms with van der Waals surface area (Å²) < 4.78 is 6.88. The number of halogens is 1. The molecule has 0 spiro atoms. The lowest BCUT2D eigenvalue weighted by atomic mass is 10.1. The number of amides is 1. The molecule has 0 saturated carbocycles. The first kappa shape index (κ1) is 20.3. The number of benzene rings is 1. The molecule has 150 valence electrons. The van der Waals surface area contributed by atoms with Gasteiger partial charge in [0, 0.05) is 23.7 Å². The van der Waals surface area contributed by atoms with Gasteiger partial charge in [0.05, 0.1) is 22.4 Å². The maximum Gasteiger partial charge on any atom is 0.413 e. The molecule has 1 aromatic carbocycles. The molecule has 0 aliphatic heterocycles. The zero-order valence-corrected chi connectivity index (χ0v) is 16.7. The van der Waals surface area contributed by atoms with Crippen LogP contribution in [-0.2, 0) is 11.8 Å². The van der Waals surface area contributed by atoms with Gasteiger partial charge in [0.25, 0.3) is 5.69 Å². The fourth-order valence-corrected chi connectivity index (χ4v) is 3.11. The highest BCUT2D eigenvalue weighted by Gasteiger charge is 2.20. The van der Waals surface area contributed by atoms with Crippen LogP contribution in [0.15, 0.2) is 42.6 Å². The SMILES string of the molecule is Cc1nc(-c2cnn(C)c2NC(=O)O[C@H](C)c2ccccc2Cl)ccc1[N+](=O)[O-]. The zero-order valence-electron chi connectivity index (χ0n) is 15.9. The number of anilines is 1. The number of pyridine rings is 1. The first-order chi connectivity index (χ1) is 13.8. The second kappa shape index (κ2) is 8.27. The van der Waals surface area contributed by atoms with Crippen molar-refractivity contribution in [1.82, 2.24) is 14.8 Å². The molecule has 3 rings (SSSR count). The van der Waals surface area contributed by atoms with E-state index in [4.69, 9.17) is 16.3 Å². The predicted molar refractivity (Wildman–Crippen MR) is 108 cm³/mol. The molecule has 2 heterocycles. The number of nitro groups is 1. The molecule has 3 aromatic rings. The van der Waals surface area contributed by atoms with E-state index >= 15 is 0 Å². The topological polar surface area (TPSA) is 112 Å². The molecule has 0 aliphatic carbocycles. The van der Waals surface area contributed by atoms with E-state index in [0.717, 1.165) is 0 Å². The van der Waals surface area contributed by atoms with Gasteiger partial charge < -0.3 is 4.74 Å². The minimum Gasteiger partial charge on any atom is -0.441 e. The van der Waals surface area contributed by atoms with Crippen LogP contribution in [0, 0.1) is 17.0 Å². The summed E-state index contributed by atoms with van der Waals surface area (Å²) in [7, 11) is 1.65. The van der Waals surface area contributed by atoms with E-state index in [1.54, 1.807) is 45.2 Å². The van der Waals surface area contributed by atoms with Crippen LogP contribution in [0.3, 0.4) is 0 Å². The zero-order chi connectivity index (χ0) is 21.1. The van der Waals surface area contributed by atoms with Crippen molar-refractivity contribution < 1.29 is 14.5 Å². The van der Waals surface area contributed by atoms with Gasteiger partial charge in [-0.05, 0) is 26.0 Å². The van der Waals surface area contributed by atoms with Crippen LogP contribution in [0.25, 0.3) is 11.3 Å². The van der Waals surface area contributed by atoms with E-state index in [1.807, 2.05) is 0 Å². The molecule has 10 heteroatoms. The highest BCUT2D eigenvalue weighted by molar-refractivity contribution is 6.31. The number of rotatable bonds is 5. The number of aromatic nitrogens is 3. The minimum atomic E-state index is -0.694. The fraction of sp³-hybridized carbons (Fsp3) is 0.211. The van der Waals surface area contributed by atoms with Gasteiger partial charge in [0.1, 0.15) is 17.6 Å². The van der Waals surface area contributed by atoms with Gasteiger partial charge in [-0.2, -0.15) is 5.10 Å². The predicted octanol–water partition coefficient (Wildman–Crippen LogP) is 4.66. The maximum absolute atomic E-state index is 12.4. The van der Waals surface area contributed by atoms with E-state index in [2.05, 4.69) is 15.4 Å². The minimum absolute atomic E-state index is 0.0832. The van der Waals surface area contributed by atoms with Crippen LogP contribution >= 0.6 is 11.6 Å². The lowest BCUT2D eigenvalue weighted by Gasteiger charge is -2.16. The van der Waals surface area contributed by atoms with Crippen molar-refractivity contribution in [1.29, 1.82) is 0 Å². The molecule has 0 saturated heterocycles. The largest absolute Gasteiger partial charge is 0.441 e. The average Bonchev–Trinajstić information content (AvgIpc) is 3.02. The van der Waals surface area contributed by atoms with E-state index in [0.29, 0.717) is 27.7 Å². The Balaban J connectivity index is 1.81. The summed E-state index contributed by atoms with van der Waals surface area (Å²) in [6, 6.07) is 9.97. The van der Waals surface area contributed by atoms with Gasteiger partial charge in [-0.25, -0.2) is 9.78 Å². The van der Waals surface area contributed by atoms with E-state index < -0.39 is 17.1 Å². The molecular formula is C19H18ClN5O4. The van der Waals surface area contributed by atoms with Crippen LogP contribution in [0.1, 0.15) is 24.3 Å². The molecule has 29 heavy (non-hydrogen) atoms. The fourth-order valence-electron chi connectivity index (χ4n) is 2.82. The second-order valence-electron chi connectivity index (χ2n) is 6.28. The molecular weight excluding hydrogens is 398 g/mol. The molecule has 0 fully saturated rings. The van der Waals surface area contributed by atoms with Crippen molar-refractivity contribution in [3.63, 3.8) is 0 Å². The number of nitrogens with zero attached hydrogens (tertiary/aromatic N) is 4. The summed E-state index contributed by atoms with van der Waals surface area (Å²) in [5.74, 6) is 0.349. The van der Waals surface area contributed by atoms with Gasteiger partial charge in [0.15, 0.2) is 0 Å². The number of carbonyl (C=O) groups excluding carboxylic acids is 1. The lowest BCUT2D eigenvalue weighted by molar-refractivity contribution is -0.385. The molecule has 1 amide bonds. The Hall–Kier alpha value is -3.46. The molecule has 0 unspecified atom stereocenters. The number of ether oxygens (including phenoxy) is 1. The van der Waals surface area contributed by atoms with Crippen LogP contribution in [0.2, 0.25) is 5.02 Å². The highest BCUT2D eigenvalue weighted by Crippen LogP contribution is 2.30. The van der Waals surface area contributed by atoms with Crippen molar-refractivity contribution >= 4 is 29.2 Å². The molecule has 1 N–H and O–H groups in total. The third kappa shape index (κ3) is 4.35. The quantitative estimate of drug-likeness (QED) is 0.479. The van der Waals surface area contributed by atoms with Gasteiger partial charge in [0.2, 0.25) is 0 Å². The molecule has 2 aromatic heterocycles. The van der Waals surface area contributed by atoms with Crippen molar-refractivity contribution in [2.24, 2.45) is 7.05 Å². The van der Waals surface area contributed by atoms with Crippen LogP contribution < -0.4 is 5.32 Å². The summed E-state index contributed by atoms with van der Waals surface area (Å²) >= 11 is 6.14. The highest BCUT2D eigenvalue weighted by atomic mass is 35.5. The number of hydrogen-bond donors (Lipinski definition) is 1. The normalized spacial score (nSPS) is 11.7. The van der Waals surface area contributed by atoms with Gasteiger partial charge >= 0.3 is 6.09 Å². The third-order valence-electron chi connectivity index (χ3n) is 4.32. The number of hydrogen-bond acceptors (Lipinski definition) is 6. The van der Waals surface area contributed by atoms with Gasteiger partial charge in [-0.1, -0.05) is 29.8 Å².